The number of hydrogen-bond acceptors (Lipinski definition) is 3. The molecule has 1 aromatic heterocycles. The fourth-order valence-electron chi connectivity index (χ4n) is 5.16. The lowest BCUT2D eigenvalue weighted by Crippen LogP contribution is -2.51. The average molecular weight is 260 g/mol. The minimum absolute atomic E-state index is 0.630. The standard InChI is InChI=1S/C15H24N4/c1-8-13(16)15(19(2)18-8)17-14-11-4-9-3-10(6-11)7-12(14)5-9/h9-12,14,17H,3-7,16H2,1-2H3. The van der Waals surface area contributed by atoms with Crippen molar-refractivity contribution in [1.29, 1.82) is 0 Å². The summed E-state index contributed by atoms with van der Waals surface area (Å²) in [5.41, 5.74) is 7.93. The predicted octanol–water partition coefficient (Wildman–Crippen LogP) is 2.55. The Labute approximate surface area is 114 Å². The number of hydrogen-bond donors (Lipinski definition) is 2. The third-order valence-corrected chi connectivity index (χ3v) is 5.80. The van der Waals surface area contributed by atoms with E-state index in [-0.39, 0.29) is 0 Å². The van der Waals surface area contributed by atoms with Gasteiger partial charge in [0, 0.05) is 13.1 Å². The Morgan fingerprint density at radius 2 is 1.68 bits per heavy atom. The maximum atomic E-state index is 6.16. The van der Waals surface area contributed by atoms with Gasteiger partial charge in [-0.2, -0.15) is 5.10 Å². The van der Waals surface area contributed by atoms with Crippen LogP contribution in [0, 0.1) is 30.6 Å². The minimum Gasteiger partial charge on any atom is -0.394 e. The van der Waals surface area contributed by atoms with Crippen molar-refractivity contribution in [3.05, 3.63) is 5.69 Å². The summed E-state index contributed by atoms with van der Waals surface area (Å²) >= 11 is 0. The van der Waals surface area contributed by atoms with Crippen molar-refractivity contribution in [2.24, 2.45) is 30.7 Å². The van der Waals surface area contributed by atoms with Gasteiger partial charge < -0.3 is 11.1 Å². The summed E-state index contributed by atoms with van der Waals surface area (Å²) in [7, 11) is 1.99. The smallest absolute Gasteiger partial charge is 0.148 e. The molecule has 0 aliphatic heterocycles. The molecule has 0 amide bonds. The van der Waals surface area contributed by atoms with Gasteiger partial charge in [-0.15, -0.1) is 0 Å². The molecule has 19 heavy (non-hydrogen) atoms. The molecule has 0 spiro atoms. The first-order valence-corrected chi connectivity index (χ1v) is 7.67. The van der Waals surface area contributed by atoms with Crippen molar-refractivity contribution >= 4 is 11.5 Å². The predicted molar refractivity (Wildman–Crippen MR) is 76.8 cm³/mol. The summed E-state index contributed by atoms with van der Waals surface area (Å²) in [6.45, 7) is 1.98. The number of aromatic nitrogens is 2. The van der Waals surface area contributed by atoms with E-state index in [0.717, 1.165) is 40.9 Å². The Balaban J connectivity index is 1.60. The van der Waals surface area contributed by atoms with Crippen molar-refractivity contribution in [3.63, 3.8) is 0 Å². The molecule has 0 aromatic carbocycles. The zero-order valence-electron chi connectivity index (χ0n) is 11.9. The molecule has 4 bridgehead atoms. The average Bonchev–Trinajstić information content (AvgIpc) is 2.58. The van der Waals surface area contributed by atoms with Gasteiger partial charge in [-0.25, -0.2) is 0 Å². The van der Waals surface area contributed by atoms with Crippen LogP contribution in [0.1, 0.15) is 37.8 Å². The Hall–Kier alpha value is -1.19. The van der Waals surface area contributed by atoms with E-state index in [1.54, 1.807) is 0 Å². The van der Waals surface area contributed by atoms with Crippen LogP contribution in [0.5, 0.6) is 0 Å². The second-order valence-corrected chi connectivity index (χ2v) is 7.07. The third-order valence-electron chi connectivity index (χ3n) is 5.80. The van der Waals surface area contributed by atoms with Crippen molar-refractivity contribution in [1.82, 2.24) is 9.78 Å². The fourth-order valence-corrected chi connectivity index (χ4v) is 5.16. The van der Waals surface area contributed by atoms with E-state index in [0.29, 0.717) is 6.04 Å². The summed E-state index contributed by atoms with van der Waals surface area (Å²) in [5, 5.41) is 8.18. The zero-order valence-corrected chi connectivity index (χ0v) is 11.9. The highest BCUT2D eigenvalue weighted by Gasteiger charge is 2.48. The molecule has 4 fully saturated rings. The molecule has 0 radical (unpaired) electrons. The largest absolute Gasteiger partial charge is 0.394 e. The van der Waals surface area contributed by atoms with Gasteiger partial charge in [-0.1, -0.05) is 0 Å². The van der Waals surface area contributed by atoms with Crippen LogP contribution in [0.25, 0.3) is 0 Å². The SMILES string of the molecule is Cc1nn(C)c(NC2C3CC4CC(C3)CC2C4)c1N. The molecular weight excluding hydrogens is 236 g/mol. The number of nitrogens with one attached hydrogen (secondary N) is 1. The molecule has 4 nitrogen and oxygen atoms in total. The highest BCUT2D eigenvalue weighted by molar-refractivity contribution is 5.65. The number of anilines is 2. The van der Waals surface area contributed by atoms with Crippen LogP contribution in [0.3, 0.4) is 0 Å². The topological polar surface area (TPSA) is 55.9 Å². The van der Waals surface area contributed by atoms with Crippen LogP contribution >= 0.6 is 0 Å². The molecule has 0 atom stereocenters. The normalized spacial score (nSPS) is 39.8. The number of nitrogens with two attached hydrogens (primary N) is 1. The number of nitrogen functional groups attached to an aromatic ring is 1. The van der Waals surface area contributed by atoms with E-state index in [9.17, 15) is 0 Å². The van der Waals surface area contributed by atoms with E-state index < -0.39 is 0 Å². The maximum absolute atomic E-state index is 6.16. The maximum Gasteiger partial charge on any atom is 0.148 e. The van der Waals surface area contributed by atoms with E-state index in [1.165, 1.54) is 32.1 Å². The van der Waals surface area contributed by atoms with Crippen LogP contribution < -0.4 is 11.1 Å². The molecule has 0 unspecified atom stereocenters. The lowest BCUT2D eigenvalue weighted by Gasteiger charge is -2.54. The number of rotatable bonds is 2. The molecule has 5 rings (SSSR count). The van der Waals surface area contributed by atoms with Gasteiger partial charge in [0.05, 0.1) is 11.4 Å². The van der Waals surface area contributed by atoms with Gasteiger partial charge >= 0.3 is 0 Å². The van der Waals surface area contributed by atoms with E-state index >= 15 is 0 Å². The summed E-state index contributed by atoms with van der Waals surface area (Å²) in [6, 6.07) is 0.630. The van der Waals surface area contributed by atoms with Crippen molar-refractivity contribution < 1.29 is 0 Å². The second kappa shape index (κ2) is 3.90. The zero-order chi connectivity index (χ0) is 13.1. The highest BCUT2D eigenvalue weighted by Crippen LogP contribution is 2.54. The van der Waals surface area contributed by atoms with Gasteiger partial charge in [0.25, 0.3) is 0 Å². The molecule has 104 valence electrons. The highest BCUT2D eigenvalue weighted by atomic mass is 15.3. The number of nitrogens with zero attached hydrogens (tertiary/aromatic N) is 2. The molecule has 4 saturated carbocycles. The fraction of sp³-hybridized carbons (Fsp3) is 0.800. The lowest BCUT2D eigenvalue weighted by atomic mass is 9.54. The van der Waals surface area contributed by atoms with Gasteiger partial charge in [-0.05, 0) is 62.7 Å². The monoisotopic (exact) mass is 260 g/mol. The Kier molecular flexibility index (Phi) is 2.39. The first kappa shape index (κ1) is 11.6. The summed E-state index contributed by atoms with van der Waals surface area (Å²) in [5.74, 6) is 4.81. The van der Waals surface area contributed by atoms with Crippen molar-refractivity contribution in [2.75, 3.05) is 11.1 Å². The van der Waals surface area contributed by atoms with Crippen LogP contribution in [0.2, 0.25) is 0 Å². The number of aryl methyl sites for hydroxylation is 2. The Morgan fingerprint density at radius 3 is 2.16 bits per heavy atom. The molecular formula is C15H24N4. The summed E-state index contributed by atoms with van der Waals surface area (Å²) in [6.07, 6.45) is 7.23. The molecule has 4 heteroatoms. The van der Waals surface area contributed by atoms with Crippen molar-refractivity contribution in [2.45, 2.75) is 45.1 Å². The summed E-state index contributed by atoms with van der Waals surface area (Å²) in [4.78, 5) is 0. The van der Waals surface area contributed by atoms with E-state index in [2.05, 4.69) is 10.4 Å². The summed E-state index contributed by atoms with van der Waals surface area (Å²) < 4.78 is 1.91. The minimum atomic E-state index is 0.630. The molecule has 1 heterocycles. The lowest BCUT2D eigenvalue weighted by molar-refractivity contribution is 0.00734. The van der Waals surface area contributed by atoms with E-state index in [1.807, 2.05) is 18.7 Å². The second-order valence-electron chi connectivity index (χ2n) is 7.07. The van der Waals surface area contributed by atoms with Crippen LogP contribution in [-0.2, 0) is 7.05 Å². The molecule has 4 aliphatic carbocycles. The van der Waals surface area contributed by atoms with E-state index in [4.69, 9.17) is 5.73 Å². The van der Waals surface area contributed by atoms with Gasteiger partial charge in [-0.3, -0.25) is 4.68 Å². The van der Waals surface area contributed by atoms with Gasteiger partial charge in [0.1, 0.15) is 5.82 Å². The quantitative estimate of drug-likeness (QED) is 0.859. The molecule has 1 aromatic rings. The molecule has 4 aliphatic rings. The third kappa shape index (κ3) is 1.68. The van der Waals surface area contributed by atoms with Crippen LogP contribution in [0.15, 0.2) is 0 Å². The van der Waals surface area contributed by atoms with Crippen LogP contribution in [-0.4, -0.2) is 15.8 Å². The Morgan fingerprint density at radius 1 is 1.11 bits per heavy atom. The van der Waals surface area contributed by atoms with Crippen molar-refractivity contribution in [3.8, 4) is 0 Å². The molecule has 0 saturated heterocycles. The molecule has 3 N–H and O–H groups in total. The first-order chi connectivity index (χ1) is 9.11. The van der Waals surface area contributed by atoms with Gasteiger partial charge in [0.2, 0.25) is 0 Å². The Bertz CT molecular complexity index is 476. The first-order valence-electron chi connectivity index (χ1n) is 7.67. The van der Waals surface area contributed by atoms with Crippen LogP contribution in [0.4, 0.5) is 11.5 Å². The van der Waals surface area contributed by atoms with Gasteiger partial charge in [0.15, 0.2) is 0 Å².